The second-order valence-electron chi connectivity index (χ2n) is 7.81. The molecule has 10 heteroatoms. The summed E-state index contributed by atoms with van der Waals surface area (Å²) in [5.74, 6) is -5.55. The van der Waals surface area contributed by atoms with Gasteiger partial charge in [-0.2, -0.15) is 0 Å². The molecule has 0 saturated heterocycles. The first-order valence-electron chi connectivity index (χ1n) is 10.0. The zero-order valence-electron chi connectivity index (χ0n) is 16.8. The third-order valence-electron chi connectivity index (χ3n) is 5.50. The first-order valence-corrected chi connectivity index (χ1v) is 10.8. The number of carbonyl (C=O) groups excluding carboxylic acids is 2. The molecule has 172 valence electrons. The van der Waals surface area contributed by atoms with Gasteiger partial charge >= 0.3 is 0 Å². The molecule has 0 radical (unpaired) electrons. The first kappa shape index (κ1) is 24.3. The Morgan fingerprint density at radius 3 is 1.53 bits per heavy atom. The molecule has 0 heterocycles. The first-order chi connectivity index (χ1) is 15.2. The molecule has 2 aromatic carbocycles. The van der Waals surface area contributed by atoms with Gasteiger partial charge < -0.3 is 10.6 Å². The van der Waals surface area contributed by atoms with E-state index < -0.39 is 35.1 Å². The lowest BCUT2D eigenvalue weighted by Crippen LogP contribution is -2.36. The maximum absolute atomic E-state index is 13.4. The third kappa shape index (κ3) is 5.92. The van der Waals surface area contributed by atoms with Crippen molar-refractivity contribution in [1.29, 1.82) is 0 Å². The molecule has 1 aliphatic rings. The molecule has 2 amide bonds. The highest BCUT2D eigenvalue weighted by Gasteiger charge is 2.24. The van der Waals surface area contributed by atoms with Gasteiger partial charge in [-0.05, 0) is 55.4 Å². The summed E-state index contributed by atoms with van der Waals surface area (Å²) in [7, 11) is 0. The SMILES string of the molecule is O=C(NC[C@H]1CCC[C@H](CNC(=O)c2cc(F)c(F)cc2Cl)C1)c1cc(F)c(F)cc1Cl. The van der Waals surface area contributed by atoms with Crippen LogP contribution in [0, 0.1) is 35.1 Å². The van der Waals surface area contributed by atoms with E-state index in [0.29, 0.717) is 19.5 Å². The molecular weight excluding hydrogens is 471 g/mol. The molecule has 2 N–H and O–H groups in total. The van der Waals surface area contributed by atoms with E-state index in [1.54, 1.807) is 0 Å². The zero-order valence-corrected chi connectivity index (χ0v) is 18.3. The number of halogens is 6. The molecule has 0 unspecified atom stereocenters. The summed E-state index contributed by atoms with van der Waals surface area (Å²) in [6, 6.07) is 3.03. The van der Waals surface area contributed by atoms with Crippen molar-refractivity contribution in [3.8, 4) is 0 Å². The second kappa shape index (κ2) is 10.5. The van der Waals surface area contributed by atoms with E-state index >= 15 is 0 Å². The number of hydrogen-bond acceptors (Lipinski definition) is 2. The minimum Gasteiger partial charge on any atom is -0.352 e. The van der Waals surface area contributed by atoms with Gasteiger partial charge in [-0.25, -0.2) is 17.6 Å². The number of amides is 2. The molecule has 0 aliphatic heterocycles. The van der Waals surface area contributed by atoms with Crippen molar-refractivity contribution >= 4 is 35.0 Å². The van der Waals surface area contributed by atoms with Crippen molar-refractivity contribution in [3.63, 3.8) is 0 Å². The van der Waals surface area contributed by atoms with Crippen molar-refractivity contribution in [2.45, 2.75) is 25.7 Å². The molecule has 4 nitrogen and oxygen atoms in total. The Bertz CT molecular complexity index is 956. The number of carbonyl (C=O) groups is 2. The van der Waals surface area contributed by atoms with Crippen LogP contribution in [0.25, 0.3) is 0 Å². The lowest BCUT2D eigenvalue weighted by molar-refractivity contribution is 0.0935. The van der Waals surface area contributed by atoms with E-state index in [1.807, 2.05) is 0 Å². The van der Waals surface area contributed by atoms with Crippen molar-refractivity contribution in [2.75, 3.05) is 13.1 Å². The van der Waals surface area contributed by atoms with Crippen molar-refractivity contribution in [1.82, 2.24) is 10.6 Å². The van der Waals surface area contributed by atoms with Gasteiger partial charge in [0.2, 0.25) is 0 Å². The van der Waals surface area contributed by atoms with Gasteiger partial charge in [-0.15, -0.1) is 0 Å². The van der Waals surface area contributed by atoms with E-state index in [4.69, 9.17) is 23.2 Å². The minimum atomic E-state index is -1.16. The molecule has 2 aromatic rings. The summed E-state index contributed by atoms with van der Waals surface area (Å²) < 4.78 is 53.2. The summed E-state index contributed by atoms with van der Waals surface area (Å²) in [5.41, 5.74) is -0.290. The maximum Gasteiger partial charge on any atom is 0.252 e. The van der Waals surface area contributed by atoms with Gasteiger partial charge in [0, 0.05) is 13.1 Å². The topological polar surface area (TPSA) is 58.2 Å². The fourth-order valence-corrected chi connectivity index (χ4v) is 4.30. The summed E-state index contributed by atoms with van der Waals surface area (Å²) in [6.45, 7) is 0.626. The van der Waals surface area contributed by atoms with Crippen LogP contribution >= 0.6 is 23.2 Å². The summed E-state index contributed by atoms with van der Waals surface area (Å²) in [6.07, 6.45) is 3.28. The minimum absolute atomic E-state index is 0.116. The zero-order chi connectivity index (χ0) is 23.4. The van der Waals surface area contributed by atoms with E-state index in [1.165, 1.54) is 0 Å². The second-order valence-corrected chi connectivity index (χ2v) is 8.63. The van der Waals surface area contributed by atoms with Crippen molar-refractivity contribution < 1.29 is 27.2 Å². The molecule has 0 aromatic heterocycles. The standard InChI is InChI=1S/C22H20Cl2F4N2O2/c23-15-7-19(27)17(25)5-13(15)21(31)29-9-11-2-1-3-12(4-11)10-30-22(32)14-6-18(26)20(28)8-16(14)24/h5-8,11-12H,1-4,9-10H2,(H,29,31)(H,30,32)/t11-,12-/m0/s1. The summed E-state index contributed by atoms with van der Waals surface area (Å²) in [5, 5.41) is 5.03. The highest BCUT2D eigenvalue weighted by atomic mass is 35.5. The molecule has 1 saturated carbocycles. The van der Waals surface area contributed by atoms with Crippen LogP contribution in [0.4, 0.5) is 17.6 Å². The number of hydrogen-bond donors (Lipinski definition) is 2. The van der Waals surface area contributed by atoms with Crippen LogP contribution in [-0.4, -0.2) is 24.9 Å². The van der Waals surface area contributed by atoms with Crippen LogP contribution in [-0.2, 0) is 0 Å². The highest BCUT2D eigenvalue weighted by molar-refractivity contribution is 6.34. The quantitative estimate of drug-likeness (QED) is 0.413. The Kier molecular flexibility index (Phi) is 8.00. The van der Waals surface area contributed by atoms with E-state index in [2.05, 4.69) is 10.6 Å². The van der Waals surface area contributed by atoms with E-state index in [0.717, 1.165) is 43.5 Å². The van der Waals surface area contributed by atoms with Crippen molar-refractivity contribution in [2.24, 2.45) is 11.8 Å². The van der Waals surface area contributed by atoms with Crippen molar-refractivity contribution in [3.05, 3.63) is 68.7 Å². The molecule has 1 aliphatic carbocycles. The lowest BCUT2D eigenvalue weighted by Gasteiger charge is -2.29. The highest BCUT2D eigenvalue weighted by Crippen LogP contribution is 2.29. The third-order valence-corrected chi connectivity index (χ3v) is 6.13. The van der Waals surface area contributed by atoms with Crippen LogP contribution in [0.2, 0.25) is 10.0 Å². The average Bonchev–Trinajstić information content (AvgIpc) is 2.75. The van der Waals surface area contributed by atoms with Gasteiger partial charge in [0.25, 0.3) is 11.8 Å². The Hall–Kier alpha value is -2.32. The van der Waals surface area contributed by atoms with Crippen LogP contribution in [0.15, 0.2) is 24.3 Å². The largest absolute Gasteiger partial charge is 0.352 e. The van der Waals surface area contributed by atoms with E-state index in [9.17, 15) is 27.2 Å². The van der Waals surface area contributed by atoms with Gasteiger partial charge in [-0.3, -0.25) is 9.59 Å². The lowest BCUT2D eigenvalue weighted by atomic mass is 9.81. The molecule has 0 spiro atoms. The predicted octanol–water partition coefficient (Wildman–Crippen LogP) is 5.52. The molecule has 1 fully saturated rings. The number of benzene rings is 2. The van der Waals surface area contributed by atoms with Gasteiger partial charge in [0.05, 0.1) is 21.2 Å². The fourth-order valence-electron chi connectivity index (χ4n) is 3.83. The Morgan fingerprint density at radius 2 is 1.12 bits per heavy atom. The fraction of sp³-hybridized carbons (Fsp3) is 0.364. The maximum atomic E-state index is 13.4. The molecular formula is C22H20Cl2F4N2O2. The Labute approximate surface area is 192 Å². The van der Waals surface area contributed by atoms with Crippen LogP contribution in [0.3, 0.4) is 0 Å². The van der Waals surface area contributed by atoms with E-state index in [-0.39, 0.29) is 33.0 Å². The smallest absolute Gasteiger partial charge is 0.252 e. The van der Waals surface area contributed by atoms with Gasteiger partial charge in [0.15, 0.2) is 23.3 Å². The molecule has 3 rings (SSSR count). The van der Waals surface area contributed by atoms with Crippen LogP contribution in [0.5, 0.6) is 0 Å². The molecule has 32 heavy (non-hydrogen) atoms. The summed E-state index contributed by atoms with van der Waals surface area (Å²) in [4.78, 5) is 24.6. The number of nitrogens with one attached hydrogen (secondary N) is 2. The predicted molar refractivity (Wildman–Crippen MR) is 113 cm³/mol. The normalized spacial score (nSPS) is 18.3. The molecule has 2 atom stereocenters. The monoisotopic (exact) mass is 490 g/mol. The van der Waals surface area contributed by atoms with Gasteiger partial charge in [-0.1, -0.05) is 29.6 Å². The summed E-state index contributed by atoms with van der Waals surface area (Å²) >= 11 is 11.7. The van der Waals surface area contributed by atoms with Gasteiger partial charge in [0.1, 0.15) is 0 Å². The average molecular weight is 491 g/mol. The Balaban J connectivity index is 1.51. The Morgan fingerprint density at radius 1 is 0.750 bits per heavy atom. The molecule has 0 bridgehead atoms. The number of rotatable bonds is 6. The van der Waals surface area contributed by atoms with Crippen LogP contribution in [0.1, 0.15) is 46.4 Å². The van der Waals surface area contributed by atoms with Crippen LogP contribution < -0.4 is 10.6 Å².